The quantitative estimate of drug-likeness (QED) is 0.431. The third kappa shape index (κ3) is 4.53. The monoisotopic (exact) mass is 338 g/mol. The summed E-state index contributed by atoms with van der Waals surface area (Å²) in [6.07, 6.45) is 4.07. The van der Waals surface area contributed by atoms with E-state index in [-0.39, 0.29) is 17.9 Å². The third-order valence-electron chi connectivity index (χ3n) is 3.91. The molecular weight excluding hydrogens is 315 g/mol. The first-order valence-corrected chi connectivity index (χ1v) is 7.74. The summed E-state index contributed by atoms with van der Waals surface area (Å²) in [5.74, 6) is -1.42. The minimum absolute atomic E-state index is 0.0243. The summed E-state index contributed by atoms with van der Waals surface area (Å²) >= 11 is 0. The van der Waals surface area contributed by atoms with Gasteiger partial charge in [-0.05, 0) is 18.2 Å². The normalized spacial score (nSPS) is 25.5. The molecule has 0 aromatic rings. The Bertz CT molecular complexity index is 545. The number of ether oxygens (including phenoxy) is 3. The molecule has 2 atom stereocenters. The Labute approximate surface area is 141 Å². The Hall–Kier alpha value is -1.96. The molecular formula is C17H23FN2O4. The third-order valence-corrected chi connectivity index (χ3v) is 3.91. The van der Waals surface area contributed by atoms with Crippen LogP contribution in [0.1, 0.15) is 0 Å². The molecule has 1 N–H and O–H groups in total. The van der Waals surface area contributed by atoms with Gasteiger partial charge in [0.15, 0.2) is 5.83 Å². The van der Waals surface area contributed by atoms with Gasteiger partial charge < -0.3 is 19.5 Å². The number of amides is 1. The molecule has 2 saturated heterocycles. The van der Waals surface area contributed by atoms with Crippen molar-refractivity contribution in [2.75, 3.05) is 40.0 Å². The fraction of sp³-hybridized carbons (Fsp3) is 0.471. The SMILES string of the molecule is C=CC(NC(=O)C(F)=CCN1CC2OCCOC2C1)=C(C=C)OC. The lowest BCUT2D eigenvalue weighted by molar-refractivity contribution is -0.118. The van der Waals surface area contributed by atoms with Gasteiger partial charge in [0.25, 0.3) is 5.91 Å². The molecule has 0 aromatic heterocycles. The number of fused-ring (bicyclic) bond motifs is 1. The predicted molar refractivity (Wildman–Crippen MR) is 87.7 cm³/mol. The first-order valence-electron chi connectivity index (χ1n) is 7.74. The van der Waals surface area contributed by atoms with Crippen molar-refractivity contribution in [2.45, 2.75) is 12.2 Å². The highest BCUT2D eigenvalue weighted by atomic mass is 19.1. The van der Waals surface area contributed by atoms with E-state index in [1.807, 2.05) is 4.90 Å². The second-order valence-corrected chi connectivity index (χ2v) is 5.43. The molecule has 2 unspecified atom stereocenters. The van der Waals surface area contributed by atoms with Crippen molar-refractivity contribution in [3.63, 3.8) is 0 Å². The van der Waals surface area contributed by atoms with Crippen LogP contribution in [-0.2, 0) is 19.0 Å². The molecule has 0 spiro atoms. The molecule has 2 rings (SSSR count). The van der Waals surface area contributed by atoms with E-state index in [2.05, 4.69) is 18.5 Å². The van der Waals surface area contributed by atoms with Crippen LogP contribution in [0.5, 0.6) is 0 Å². The van der Waals surface area contributed by atoms with Gasteiger partial charge in [0.05, 0.1) is 38.2 Å². The van der Waals surface area contributed by atoms with Gasteiger partial charge in [0.2, 0.25) is 0 Å². The van der Waals surface area contributed by atoms with Gasteiger partial charge in [-0.2, -0.15) is 0 Å². The Kier molecular flexibility index (Phi) is 6.72. The minimum atomic E-state index is -0.870. The number of rotatable bonds is 7. The number of methoxy groups -OCH3 is 1. The second-order valence-electron chi connectivity index (χ2n) is 5.43. The van der Waals surface area contributed by atoms with Gasteiger partial charge in [0.1, 0.15) is 5.76 Å². The summed E-state index contributed by atoms with van der Waals surface area (Å²) in [5, 5.41) is 2.41. The van der Waals surface area contributed by atoms with E-state index in [1.54, 1.807) is 0 Å². The van der Waals surface area contributed by atoms with Crippen molar-refractivity contribution in [3.8, 4) is 0 Å². The first-order chi connectivity index (χ1) is 11.6. The van der Waals surface area contributed by atoms with Crippen LogP contribution in [0.3, 0.4) is 0 Å². The molecule has 0 saturated carbocycles. The van der Waals surface area contributed by atoms with Crippen molar-refractivity contribution in [1.82, 2.24) is 10.2 Å². The fourth-order valence-electron chi connectivity index (χ4n) is 2.69. The summed E-state index contributed by atoms with van der Waals surface area (Å²) < 4.78 is 30.3. The minimum Gasteiger partial charge on any atom is -0.495 e. The maximum atomic E-state index is 14.0. The smallest absolute Gasteiger partial charge is 0.284 e. The highest BCUT2D eigenvalue weighted by Crippen LogP contribution is 2.20. The van der Waals surface area contributed by atoms with Crippen LogP contribution in [0.2, 0.25) is 0 Å². The van der Waals surface area contributed by atoms with Crippen molar-refractivity contribution in [2.24, 2.45) is 0 Å². The lowest BCUT2D eigenvalue weighted by Crippen LogP contribution is -2.36. The van der Waals surface area contributed by atoms with Gasteiger partial charge in [-0.25, -0.2) is 4.39 Å². The zero-order valence-electron chi connectivity index (χ0n) is 13.8. The number of hydrogen-bond donors (Lipinski definition) is 1. The maximum Gasteiger partial charge on any atom is 0.284 e. The summed E-state index contributed by atoms with van der Waals surface area (Å²) in [6, 6.07) is 0. The topological polar surface area (TPSA) is 60.0 Å². The standard InChI is InChI=1S/C17H23FN2O4/c1-4-13(14(5-2)22-3)19-17(21)12(18)6-7-20-10-15-16(11-20)24-9-8-23-15/h4-6,15-16H,1-2,7-11H2,3H3,(H,19,21). The van der Waals surface area contributed by atoms with Crippen LogP contribution in [-0.4, -0.2) is 63.0 Å². The molecule has 2 aliphatic heterocycles. The number of carbonyl (C=O) groups is 1. The van der Waals surface area contributed by atoms with Gasteiger partial charge in [0, 0.05) is 19.6 Å². The Morgan fingerprint density at radius 3 is 2.42 bits per heavy atom. The number of carbonyl (C=O) groups excluding carboxylic acids is 1. The predicted octanol–water partition coefficient (Wildman–Crippen LogP) is 1.29. The number of likely N-dealkylation sites (tertiary alicyclic amines) is 1. The number of allylic oxidation sites excluding steroid dienone is 2. The lowest BCUT2D eigenvalue weighted by Gasteiger charge is -2.24. The fourth-order valence-corrected chi connectivity index (χ4v) is 2.69. The van der Waals surface area contributed by atoms with Gasteiger partial charge in [-0.1, -0.05) is 13.2 Å². The summed E-state index contributed by atoms with van der Waals surface area (Å²) in [7, 11) is 1.43. The Morgan fingerprint density at radius 2 is 1.92 bits per heavy atom. The van der Waals surface area contributed by atoms with E-state index in [4.69, 9.17) is 14.2 Å². The van der Waals surface area contributed by atoms with Crippen LogP contribution in [0.25, 0.3) is 0 Å². The molecule has 6 nitrogen and oxygen atoms in total. The molecule has 1 amide bonds. The molecule has 0 aliphatic carbocycles. The average Bonchev–Trinajstić information content (AvgIpc) is 3.02. The van der Waals surface area contributed by atoms with Crippen molar-refractivity contribution in [1.29, 1.82) is 0 Å². The molecule has 24 heavy (non-hydrogen) atoms. The highest BCUT2D eigenvalue weighted by Gasteiger charge is 2.36. The van der Waals surface area contributed by atoms with E-state index < -0.39 is 11.7 Å². The zero-order chi connectivity index (χ0) is 17.5. The second kappa shape index (κ2) is 8.77. The molecule has 132 valence electrons. The molecule has 2 heterocycles. The highest BCUT2D eigenvalue weighted by molar-refractivity contribution is 5.92. The largest absolute Gasteiger partial charge is 0.495 e. The van der Waals surface area contributed by atoms with Crippen molar-refractivity contribution in [3.05, 3.63) is 48.7 Å². The molecule has 0 bridgehead atoms. The molecule has 2 fully saturated rings. The van der Waals surface area contributed by atoms with Crippen LogP contribution in [0, 0.1) is 0 Å². The van der Waals surface area contributed by atoms with Gasteiger partial charge in [-0.3, -0.25) is 9.69 Å². The Morgan fingerprint density at radius 1 is 1.29 bits per heavy atom. The van der Waals surface area contributed by atoms with Crippen LogP contribution < -0.4 is 5.32 Å². The van der Waals surface area contributed by atoms with E-state index in [0.717, 1.165) is 0 Å². The summed E-state index contributed by atoms with van der Waals surface area (Å²) in [5.41, 5.74) is 0.259. The van der Waals surface area contributed by atoms with Crippen molar-refractivity contribution >= 4 is 5.91 Å². The first kappa shape index (κ1) is 18.4. The summed E-state index contributed by atoms with van der Waals surface area (Å²) in [6.45, 7) is 9.93. The lowest BCUT2D eigenvalue weighted by atomic mass is 10.2. The van der Waals surface area contributed by atoms with E-state index >= 15 is 0 Å². The molecule has 2 aliphatic rings. The summed E-state index contributed by atoms with van der Waals surface area (Å²) in [4.78, 5) is 13.9. The number of nitrogens with zero attached hydrogens (tertiary/aromatic N) is 1. The average molecular weight is 338 g/mol. The van der Waals surface area contributed by atoms with Crippen LogP contribution in [0.4, 0.5) is 4.39 Å². The van der Waals surface area contributed by atoms with Crippen LogP contribution in [0.15, 0.2) is 48.7 Å². The zero-order valence-corrected chi connectivity index (χ0v) is 13.8. The van der Waals surface area contributed by atoms with Crippen LogP contribution >= 0.6 is 0 Å². The van der Waals surface area contributed by atoms with Gasteiger partial charge >= 0.3 is 0 Å². The number of hydrogen-bond acceptors (Lipinski definition) is 5. The molecule has 0 aromatic carbocycles. The number of nitrogens with one attached hydrogen (secondary N) is 1. The Balaban J connectivity index is 1.90. The maximum absolute atomic E-state index is 14.0. The van der Waals surface area contributed by atoms with E-state index in [0.29, 0.717) is 38.6 Å². The molecule has 7 heteroatoms. The number of halogens is 1. The van der Waals surface area contributed by atoms with E-state index in [9.17, 15) is 9.18 Å². The van der Waals surface area contributed by atoms with Gasteiger partial charge in [-0.15, -0.1) is 0 Å². The molecule has 0 radical (unpaired) electrons. The van der Waals surface area contributed by atoms with Crippen molar-refractivity contribution < 1.29 is 23.4 Å². The van der Waals surface area contributed by atoms with E-state index in [1.165, 1.54) is 25.3 Å².